The Hall–Kier alpha value is -1.76. The Morgan fingerprint density at radius 1 is 1.50 bits per heavy atom. The average molecular weight is 260 g/mol. The molecule has 0 bridgehead atoms. The SMILES string of the molecule is COC(=O)Cc1c(CN)cnc(OC)c1C(F)F. The molecule has 0 aliphatic heterocycles. The molecule has 0 amide bonds. The van der Waals surface area contributed by atoms with Crippen molar-refractivity contribution in [3.8, 4) is 5.88 Å². The lowest BCUT2D eigenvalue weighted by atomic mass is 10.0. The summed E-state index contributed by atoms with van der Waals surface area (Å²) in [5, 5.41) is 0. The molecule has 1 rings (SSSR count). The van der Waals surface area contributed by atoms with Crippen LogP contribution in [0.4, 0.5) is 8.78 Å². The van der Waals surface area contributed by atoms with Gasteiger partial charge in [-0.3, -0.25) is 4.79 Å². The van der Waals surface area contributed by atoms with Gasteiger partial charge in [0.25, 0.3) is 6.43 Å². The molecule has 1 aromatic heterocycles. The highest BCUT2D eigenvalue weighted by molar-refractivity contribution is 5.73. The number of esters is 1. The van der Waals surface area contributed by atoms with E-state index in [0.717, 1.165) is 0 Å². The quantitative estimate of drug-likeness (QED) is 0.805. The van der Waals surface area contributed by atoms with Crippen LogP contribution in [0.25, 0.3) is 0 Å². The molecule has 18 heavy (non-hydrogen) atoms. The molecule has 1 heterocycles. The number of alkyl halides is 2. The molecule has 0 aromatic carbocycles. The van der Waals surface area contributed by atoms with Gasteiger partial charge in [0.2, 0.25) is 5.88 Å². The van der Waals surface area contributed by atoms with Gasteiger partial charge in [0.1, 0.15) is 0 Å². The number of methoxy groups -OCH3 is 2. The van der Waals surface area contributed by atoms with E-state index < -0.39 is 18.0 Å². The van der Waals surface area contributed by atoms with Crippen LogP contribution in [0.2, 0.25) is 0 Å². The third-order valence-electron chi connectivity index (χ3n) is 2.46. The highest BCUT2D eigenvalue weighted by Gasteiger charge is 2.24. The van der Waals surface area contributed by atoms with Gasteiger partial charge in [0.05, 0.1) is 26.2 Å². The van der Waals surface area contributed by atoms with Crippen molar-refractivity contribution in [1.29, 1.82) is 0 Å². The Morgan fingerprint density at radius 2 is 2.17 bits per heavy atom. The molecule has 0 saturated carbocycles. The maximum atomic E-state index is 13.0. The van der Waals surface area contributed by atoms with E-state index in [1.807, 2.05) is 0 Å². The molecule has 0 spiro atoms. The van der Waals surface area contributed by atoms with Gasteiger partial charge in [-0.05, 0) is 11.1 Å². The molecule has 0 fully saturated rings. The van der Waals surface area contributed by atoms with Gasteiger partial charge in [0.15, 0.2) is 0 Å². The second kappa shape index (κ2) is 6.25. The van der Waals surface area contributed by atoms with E-state index in [1.54, 1.807) is 0 Å². The Morgan fingerprint density at radius 3 is 2.61 bits per heavy atom. The van der Waals surface area contributed by atoms with Crippen LogP contribution in [0.5, 0.6) is 5.88 Å². The summed E-state index contributed by atoms with van der Waals surface area (Å²) >= 11 is 0. The first-order chi connectivity index (χ1) is 8.54. The zero-order valence-electron chi connectivity index (χ0n) is 10.1. The van der Waals surface area contributed by atoms with Crippen molar-refractivity contribution in [2.75, 3.05) is 14.2 Å². The van der Waals surface area contributed by atoms with Crippen molar-refractivity contribution >= 4 is 5.97 Å². The van der Waals surface area contributed by atoms with Crippen LogP contribution in [0.3, 0.4) is 0 Å². The van der Waals surface area contributed by atoms with Crippen molar-refractivity contribution < 1.29 is 23.0 Å². The molecule has 0 unspecified atom stereocenters. The zero-order valence-corrected chi connectivity index (χ0v) is 10.1. The fraction of sp³-hybridized carbons (Fsp3) is 0.455. The first-order valence-electron chi connectivity index (χ1n) is 5.14. The Labute approximate surface area is 103 Å². The van der Waals surface area contributed by atoms with E-state index in [9.17, 15) is 13.6 Å². The maximum Gasteiger partial charge on any atom is 0.310 e. The molecule has 0 atom stereocenters. The summed E-state index contributed by atoms with van der Waals surface area (Å²) < 4.78 is 35.3. The molecular formula is C11H14F2N2O3. The minimum Gasteiger partial charge on any atom is -0.481 e. The Balaban J connectivity index is 3.35. The zero-order chi connectivity index (χ0) is 13.7. The predicted molar refractivity (Wildman–Crippen MR) is 59.4 cm³/mol. The fourth-order valence-electron chi connectivity index (χ4n) is 1.57. The van der Waals surface area contributed by atoms with Crippen molar-refractivity contribution in [1.82, 2.24) is 4.98 Å². The summed E-state index contributed by atoms with van der Waals surface area (Å²) in [5.41, 5.74) is 5.53. The maximum absolute atomic E-state index is 13.0. The van der Waals surface area contributed by atoms with Gasteiger partial charge in [-0.15, -0.1) is 0 Å². The first-order valence-corrected chi connectivity index (χ1v) is 5.14. The van der Waals surface area contributed by atoms with Crippen LogP contribution in [-0.4, -0.2) is 25.2 Å². The van der Waals surface area contributed by atoms with Gasteiger partial charge in [-0.2, -0.15) is 0 Å². The number of pyridine rings is 1. The fourth-order valence-corrected chi connectivity index (χ4v) is 1.57. The lowest BCUT2D eigenvalue weighted by Crippen LogP contribution is -2.14. The molecule has 7 heteroatoms. The minimum atomic E-state index is -2.81. The van der Waals surface area contributed by atoms with Crippen molar-refractivity contribution in [3.05, 3.63) is 22.9 Å². The first kappa shape index (κ1) is 14.3. The summed E-state index contributed by atoms with van der Waals surface area (Å²) in [5.74, 6) is -0.832. The number of rotatable bonds is 5. The van der Waals surface area contributed by atoms with Crippen LogP contribution in [0.15, 0.2) is 6.20 Å². The molecule has 2 N–H and O–H groups in total. The number of hydrogen-bond acceptors (Lipinski definition) is 5. The Bertz CT molecular complexity index is 439. The van der Waals surface area contributed by atoms with Crippen LogP contribution in [0, 0.1) is 0 Å². The molecule has 0 radical (unpaired) electrons. The van der Waals surface area contributed by atoms with Gasteiger partial charge in [-0.1, -0.05) is 0 Å². The predicted octanol–water partition coefficient (Wildman–Crippen LogP) is 1.20. The third-order valence-corrected chi connectivity index (χ3v) is 2.46. The molecular weight excluding hydrogens is 246 g/mol. The monoisotopic (exact) mass is 260 g/mol. The van der Waals surface area contributed by atoms with E-state index in [-0.39, 0.29) is 24.4 Å². The summed E-state index contributed by atoms with van der Waals surface area (Å²) in [6, 6.07) is 0. The minimum absolute atomic E-state index is 0.00302. The lowest BCUT2D eigenvalue weighted by molar-refractivity contribution is -0.139. The van der Waals surface area contributed by atoms with Crippen LogP contribution < -0.4 is 10.5 Å². The standard InChI is InChI=1S/C11H14F2N2O3/c1-17-8(16)3-7-6(4-14)5-15-11(18-2)9(7)10(12)13/h5,10H,3-4,14H2,1-2H3. The second-order valence-corrected chi connectivity index (χ2v) is 3.44. The van der Waals surface area contributed by atoms with Crippen LogP contribution in [-0.2, 0) is 22.5 Å². The average Bonchev–Trinajstić information content (AvgIpc) is 2.37. The lowest BCUT2D eigenvalue weighted by Gasteiger charge is -2.15. The highest BCUT2D eigenvalue weighted by Crippen LogP contribution is 2.32. The molecule has 5 nitrogen and oxygen atoms in total. The topological polar surface area (TPSA) is 74.4 Å². The van der Waals surface area contributed by atoms with Crippen molar-refractivity contribution in [3.63, 3.8) is 0 Å². The van der Waals surface area contributed by atoms with Gasteiger partial charge in [0, 0.05) is 12.7 Å². The van der Waals surface area contributed by atoms with Crippen LogP contribution in [0.1, 0.15) is 23.1 Å². The summed E-state index contributed by atoms with van der Waals surface area (Å²) in [7, 11) is 2.42. The molecule has 100 valence electrons. The van der Waals surface area contributed by atoms with E-state index in [2.05, 4.69) is 9.72 Å². The van der Waals surface area contributed by atoms with Gasteiger partial charge in [-0.25, -0.2) is 13.8 Å². The van der Waals surface area contributed by atoms with E-state index in [0.29, 0.717) is 5.56 Å². The smallest absolute Gasteiger partial charge is 0.310 e. The molecule has 0 aliphatic rings. The third kappa shape index (κ3) is 2.92. The number of carbonyl (C=O) groups excluding carboxylic acids is 1. The Kier molecular flexibility index (Phi) is 4.96. The number of ether oxygens (including phenoxy) is 2. The highest BCUT2D eigenvalue weighted by atomic mass is 19.3. The number of halogens is 2. The normalized spacial score (nSPS) is 10.6. The summed E-state index contributed by atoms with van der Waals surface area (Å²) in [6.45, 7) is 0.00302. The summed E-state index contributed by atoms with van der Waals surface area (Å²) in [4.78, 5) is 15.0. The van der Waals surface area contributed by atoms with Gasteiger partial charge < -0.3 is 15.2 Å². The van der Waals surface area contributed by atoms with Crippen molar-refractivity contribution in [2.45, 2.75) is 19.4 Å². The largest absolute Gasteiger partial charge is 0.481 e. The number of hydrogen-bond donors (Lipinski definition) is 1. The molecule has 0 aliphatic carbocycles. The molecule has 1 aromatic rings. The summed E-state index contributed by atoms with van der Waals surface area (Å²) in [6.07, 6.45) is -1.77. The van der Waals surface area contributed by atoms with E-state index in [1.165, 1.54) is 20.4 Å². The van der Waals surface area contributed by atoms with Gasteiger partial charge >= 0.3 is 5.97 Å². The van der Waals surface area contributed by atoms with Crippen LogP contribution >= 0.6 is 0 Å². The number of nitrogens with zero attached hydrogens (tertiary/aromatic N) is 1. The number of nitrogens with two attached hydrogens (primary N) is 1. The van der Waals surface area contributed by atoms with E-state index >= 15 is 0 Å². The van der Waals surface area contributed by atoms with Crippen molar-refractivity contribution in [2.24, 2.45) is 5.73 Å². The van der Waals surface area contributed by atoms with E-state index in [4.69, 9.17) is 10.5 Å². The number of carbonyl (C=O) groups is 1. The second-order valence-electron chi connectivity index (χ2n) is 3.44. The molecule has 0 saturated heterocycles. The number of aromatic nitrogens is 1.